The zero-order valence-corrected chi connectivity index (χ0v) is 8.36. The number of halogens is 2. The number of benzene rings is 1. The SMILES string of the molecule is [C-]#[N+]c1ccc(C(C)(C)C)c(F)c1F. The van der Waals surface area contributed by atoms with Crippen molar-refractivity contribution in [2.75, 3.05) is 0 Å². The first kappa shape index (κ1) is 10.6. The zero-order chi connectivity index (χ0) is 10.9. The molecule has 0 spiro atoms. The second-order valence-electron chi connectivity index (χ2n) is 4.12. The summed E-state index contributed by atoms with van der Waals surface area (Å²) in [6.07, 6.45) is 0. The average Bonchev–Trinajstić information content (AvgIpc) is 2.07. The Morgan fingerprint density at radius 2 is 1.71 bits per heavy atom. The summed E-state index contributed by atoms with van der Waals surface area (Å²) in [4.78, 5) is 2.89. The van der Waals surface area contributed by atoms with Gasteiger partial charge in [-0.2, -0.15) is 0 Å². The first-order chi connectivity index (χ1) is 6.38. The lowest BCUT2D eigenvalue weighted by molar-refractivity contribution is 0.468. The number of nitrogens with zero attached hydrogens (tertiary/aromatic N) is 1. The van der Waals surface area contributed by atoms with Crippen molar-refractivity contribution in [1.82, 2.24) is 0 Å². The van der Waals surface area contributed by atoms with Crippen molar-refractivity contribution in [3.63, 3.8) is 0 Å². The molecule has 0 aliphatic carbocycles. The van der Waals surface area contributed by atoms with Crippen LogP contribution in [-0.2, 0) is 5.41 Å². The second-order valence-corrected chi connectivity index (χ2v) is 4.12. The van der Waals surface area contributed by atoms with Gasteiger partial charge in [0.1, 0.15) is 0 Å². The molecule has 0 heterocycles. The summed E-state index contributed by atoms with van der Waals surface area (Å²) in [5, 5.41) is 0. The molecular formula is C11H11F2N. The van der Waals surface area contributed by atoms with Crippen LogP contribution in [0.5, 0.6) is 0 Å². The van der Waals surface area contributed by atoms with Crippen LogP contribution in [0.15, 0.2) is 12.1 Å². The van der Waals surface area contributed by atoms with Crippen LogP contribution >= 0.6 is 0 Å². The second kappa shape index (κ2) is 3.38. The van der Waals surface area contributed by atoms with E-state index >= 15 is 0 Å². The summed E-state index contributed by atoms with van der Waals surface area (Å²) in [6.45, 7) is 12.0. The number of rotatable bonds is 0. The Bertz CT molecular complexity index is 397. The monoisotopic (exact) mass is 195 g/mol. The summed E-state index contributed by atoms with van der Waals surface area (Å²) < 4.78 is 26.6. The molecule has 1 aromatic rings. The molecule has 0 unspecified atom stereocenters. The fourth-order valence-electron chi connectivity index (χ4n) is 1.20. The van der Waals surface area contributed by atoms with Gasteiger partial charge in [0.15, 0.2) is 11.6 Å². The van der Waals surface area contributed by atoms with Crippen molar-refractivity contribution >= 4 is 5.69 Å². The highest BCUT2D eigenvalue weighted by Crippen LogP contribution is 2.30. The summed E-state index contributed by atoms with van der Waals surface area (Å²) in [5.74, 6) is -1.96. The van der Waals surface area contributed by atoms with Crippen LogP contribution in [0.3, 0.4) is 0 Å². The van der Waals surface area contributed by atoms with Crippen LogP contribution in [0.4, 0.5) is 14.5 Å². The van der Waals surface area contributed by atoms with E-state index < -0.39 is 17.0 Å². The molecule has 74 valence electrons. The Balaban J connectivity index is 3.41. The van der Waals surface area contributed by atoms with E-state index in [2.05, 4.69) is 4.85 Å². The largest absolute Gasteiger partial charge is 0.235 e. The molecule has 0 saturated heterocycles. The van der Waals surface area contributed by atoms with E-state index in [0.717, 1.165) is 0 Å². The molecule has 0 aliphatic rings. The van der Waals surface area contributed by atoms with Gasteiger partial charge < -0.3 is 0 Å². The fraction of sp³-hybridized carbons (Fsp3) is 0.364. The Labute approximate surface area is 82.2 Å². The van der Waals surface area contributed by atoms with Gasteiger partial charge >= 0.3 is 0 Å². The Morgan fingerprint density at radius 3 is 2.14 bits per heavy atom. The van der Waals surface area contributed by atoms with Gasteiger partial charge in [0.05, 0.1) is 6.57 Å². The van der Waals surface area contributed by atoms with Crippen LogP contribution in [0, 0.1) is 18.2 Å². The maximum Gasteiger partial charge on any atom is 0.225 e. The molecule has 0 radical (unpaired) electrons. The van der Waals surface area contributed by atoms with E-state index in [1.165, 1.54) is 12.1 Å². The normalized spacial score (nSPS) is 11.1. The van der Waals surface area contributed by atoms with Crippen LogP contribution in [-0.4, -0.2) is 0 Å². The molecule has 0 atom stereocenters. The van der Waals surface area contributed by atoms with E-state index in [4.69, 9.17) is 6.57 Å². The lowest BCUT2D eigenvalue weighted by Crippen LogP contribution is -2.14. The van der Waals surface area contributed by atoms with E-state index in [1.54, 1.807) is 20.8 Å². The Kier molecular flexibility index (Phi) is 2.57. The minimum Gasteiger partial charge on any atom is -0.235 e. The molecule has 0 aliphatic heterocycles. The van der Waals surface area contributed by atoms with Gasteiger partial charge in [-0.05, 0) is 11.0 Å². The Morgan fingerprint density at radius 1 is 1.14 bits per heavy atom. The maximum absolute atomic E-state index is 13.4. The topological polar surface area (TPSA) is 4.36 Å². The van der Waals surface area contributed by atoms with Crippen LogP contribution in [0.1, 0.15) is 26.3 Å². The highest BCUT2D eigenvalue weighted by atomic mass is 19.2. The number of hydrogen-bond acceptors (Lipinski definition) is 0. The predicted molar refractivity (Wildman–Crippen MR) is 51.3 cm³/mol. The maximum atomic E-state index is 13.4. The first-order valence-corrected chi connectivity index (χ1v) is 4.24. The van der Waals surface area contributed by atoms with Gasteiger partial charge in [-0.25, -0.2) is 13.6 Å². The third-order valence-electron chi connectivity index (χ3n) is 1.99. The van der Waals surface area contributed by atoms with E-state index in [9.17, 15) is 8.78 Å². The molecule has 1 aromatic carbocycles. The van der Waals surface area contributed by atoms with E-state index in [0.29, 0.717) is 5.56 Å². The van der Waals surface area contributed by atoms with Gasteiger partial charge in [0.2, 0.25) is 5.69 Å². The van der Waals surface area contributed by atoms with Crippen molar-refractivity contribution in [1.29, 1.82) is 0 Å². The third kappa shape index (κ3) is 1.74. The molecule has 0 amide bonds. The van der Waals surface area contributed by atoms with Crippen molar-refractivity contribution in [3.05, 3.63) is 40.7 Å². The lowest BCUT2D eigenvalue weighted by atomic mass is 9.86. The number of hydrogen-bond donors (Lipinski definition) is 0. The van der Waals surface area contributed by atoms with Crippen molar-refractivity contribution in [3.8, 4) is 0 Å². The molecule has 0 saturated carbocycles. The highest BCUT2D eigenvalue weighted by Gasteiger charge is 2.22. The molecule has 1 nitrogen and oxygen atoms in total. The third-order valence-corrected chi connectivity index (χ3v) is 1.99. The molecule has 0 N–H and O–H groups in total. The van der Waals surface area contributed by atoms with Crippen LogP contribution < -0.4 is 0 Å². The van der Waals surface area contributed by atoms with Gasteiger partial charge in [-0.3, -0.25) is 0 Å². The molecule has 0 fully saturated rings. The molecular weight excluding hydrogens is 184 g/mol. The van der Waals surface area contributed by atoms with Gasteiger partial charge in [0, 0.05) is 0 Å². The summed E-state index contributed by atoms with van der Waals surface area (Å²) in [6, 6.07) is 2.78. The molecule has 3 heteroatoms. The summed E-state index contributed by atoms with van der Waals surface area (Å²) in [7, 11) is 0. The Hall–Kier alpha value is -1.43. The minimum atomic E-state index is -1.05. The van der Waals surface area contributed by atoms with Crippen LogP contribution in [0.2, 0.25) is 0 Å². The van der Waals surface area contributed by atoms with Gasteiger partial charge in [-0.15, -0.1) is 0 Å². The molecule has 0 aromatic heterocycles. The van der Waals surface area contributed by atoms with Gasteiger partial charge in [0.25, 0.3) is 0 Å². The minimum absolute atomic E-state index is 0.268. The fourth-order valence-corrected chi connectivity index (χ4v) is 1.20. The van der Waals surface area contributed by atoms with Crippen molar-refractivity contribution < 1.29 is 8.78 Å². The summed E-state index contributed by atoms with van der Waals surface area (Å²) in [5.41, 5.74) is -0.427. The summed E-state index contributed by atoms with van der Waals surface area (Å²) >= 11 is 0. The standard InChI is InChI=1S/C11H11F2N/c1-11(2,3)7-5-6-8(14-4)10(13)9(7)12/h5-6H,1-3H3. The van der Waals surface area contributed by atoms with Gasteiger partial charge in [-0.1, -0.05) is 32.9 Å². The highest BCUT2D eigenvalue weighted by molar-refractivity contribution is 5.49. The van der Waals surface area contributed by atoms with Crippen molar-refractivity contribution in [2.24, 2.45) is 0 Å². The molecule has 1 rings (SSSR count). The van der Waals surface area contributed by atoms with E-state index in [-0.39, 0.29) is 5.69 Å². The van der Waals surface area contributed by atoms with Crippen LogP contribution in [0.25, 0.3) is 4.85 Å². The van der Waals surface area contributed by atoms with Crippen molar-refractivity contribution in [2.45, 2.75) is 26.2 Å². The molecule has 14 heavy (non-hydrogen) atoms. The average molecular weight is 195 g/mol. The lowest BCUT2D eigenvalue weighted by Gasteiger charge is -2.20. The smallest absolute Gasteiger partial charge is 0.225 e. The first-order valence-electron chi connectivity index (χ1n) is 4.24. The quantitative estimate of drug-likeness (QED) is 0.554. The zero-order valence-electron chi connectivity index (χ0n) is 8.36. The molecule has 0 bridgehead atoms. The predicted octanol–water partition coefficient (Wildman–Crippen LogP) is 3.81. The van der Waals surface area contributed by atoms with E-state index in [1.807, 2.05) is 0 Å².